The first-order valence-electron chi connectivity index (χ1n) is 5.72. The third-order valence-corrected chi connectivity index (χ3v) is 2.66. The van der Waals surface area contributed by atoms with Crippen molar-refractivity contribution in [2.75, 3.05) is 12.4 Å². The van der Waals surface area contributed by atoms with E-state index >= 15 is 0 Å². The van der Waals surface area contributed by atoms with Crippen LogP contribution >= 0.6 is 0 Å². The number of nitrogens with zero attached hydrogens (tertiary/aromatic N) is 2. The molecule has 0 saturated heterocycles. The van der Waals surface area contributed by atoms with Gasteiger partial charge in [0, 0.05) is 19.2 Å². The van der Waals surface area contributed by atoms with E-state index in [0.29, 0.717) is 0 Å². The highest BCUT2D eigenvalue weighted by Crippen LogP contribution is 2.18. The van der Waals surface area contributed by atoms with Crippen LogP contribution in [0.5, 0.6) is 0 Å². The maximum absolute atomic E-state index is 12.0. The van der Waals surface area contributed by atoms with E-state index in [1.54, 1.807) is 0 Å². The van der Waals surface area contributed by atoms with Gasteiger partial charge in [-0.25, -0.2) is 4.79 Å². The number of carbonyl (C=O) groups is 2. The monoisotopic (exact) mass is 293 g/mol. The largest absolute Gasteiger partial charge is 0.463 e. The van der Waals surface area contributed by atoms with Gasteiger partial charge in [0.25, 0.3) is 11.6 Å². The molecule has 0 atom stereocenters. The van der Waals surface area contributed by atoms with Crippen molar-refractivity contribution in [1.29, 1.82) is 0 Å². The summed E-state index contributed by atoms with van der Waals surface area (Å²) in [6.45, 7) is 0. The Bertz CT molecular complexity index is 714. The van der Waals surface area contributed by atoms with Crippen molar-refractivity contribution in [2.24, 2.45) is 7.05 Å². The molecule has 0 aliphatic carbocycles. The molecule has 2 aromatic rings. The van der Waals surface area contributed by atoms with Crippen LogP contribution in [0.4, 0.5) is 11.6 Å². The number of methoxy groups -OCH3 is 1. The number of rotatable bonds is 4. The average Bonchev–Trinajstić information content (AvgIpc) is 3.04. The lowest BCUT2D eigenvalue weighted by Gasteiger charge is -2.02. The zero-order valence-corrected chi connectivity index (χ0v) is 11.2. The smallest absolute Gasteiger partial charge is 0.374 e. The van der Waals surface area contributed by atoms with Crippen LogP contribution in [0.1, 0.15) is 21.0 Å². The molecule has 0 bridgehead atoms. The highest BCUT2D eigenvalue weighted by Gasteiger charge is 2.19. The first kappa shape index (κ1) is 14.3. The van der Waals surface area contributed by atoms with Crippen molar-refractivity contribution in [2.45, 2.75) is 0 Å². The second kappa shape index (κ2) is 5.49. The molecular weight excluding hydrogens is 282 g/mol. The summed E-state index contributed by atoms with van der Waals surface area (Å²) in [6.07, 6.45) is 1.22. The van der Waals surface area contributed by atoms with Crippen LogP contribution in [0.2, 0.25) is 0 Å². The quantitative estimate of drug-likeness (QED) is 0.519. The minimum Gasteiger partial charge on any atom is -0.463 e. The Balaban J connectivity index is 2.16. The van der Waals surface area contributed by atoms with Gasteiger partial charge in [0.05, 0.1) is 18.2 Å². The van der Waals surface area contributed by atoms with Crippen molar-refractivity contribution in [3.05, 3.63) is 46.0 Å². The second-order valence-corrected chi connectivity index (χ2v) is 4.06. The Morgan fingerprint density at radius 3 is 2.71 bits per heavy atom. The van der Waals surface area contributed by atoms with Gasteiger partial charge in [-0.15, -0.1) is 0 Å². The molecule has 0 aliphatic heterocycles. The van der Waals surface area contributed by atoms with Crippen LogP contribution < -0.4 is 5.32 Å². The number of amides is 1. The molecule has 1 N–H and O–H groups in total. The summed E-state index contributed by atoms with van der Waals surface area (Å²) in [5.41, 5.74) is -0.116. The topological polar surface area (TPSA) is 117 Å². The Hall–Kier alpha value is -3.10. The van der Waals surface area contributed by atoms with E-state index in [1.807, 2.05) is 0 Å². The van der Waals surface area contributed by atoms with Crippen molar-refractivity contribution in [3.63, 3.8) is 0 Å². The third kappa shape index (κ3) is 2.91. The number of anilines is 1. The van der Waals surface area contributed by atoms with E-state index in [2.05, 4.69) is 10.1 Å². The number of aryl methyl sites for hydroxylation is 1. The van der Waals surface area contributed by atoms with Crippen LogP contribution in [0.25, 0.3) is 0 Å². The van der Waals surface area contributed by atoms with E-state index in [0.717, 1.165) is 6.07 Å². The highest BCUT2D eigenvalue weighted by atomic mass is 16.6. The Morgan fingerprint density at radius 1 is 1.43 bits per heavy atom. The van der Waals surface area contributed by atoms with E-state index in [1.165, 1.54) is 37.1 Å². The van der Waals surface area contributed by atoms with Gasteiger partial charge in [-0.2, -0.15) is 0 Å². The molecule has 0 unspecified atom stereocenters. The number of hydrogen-bond acceptors (Lipinski definition) is 6. The number of carbonyl (C=O) groups excluding carboxylic acids is 2. The Kier molecular flexibility index (Phi) is 3.74. The fourth-order valence-electron chi connectivity index (χ4n) is 1.66. The number of hydrogen-bond donors (Lipinski definition) is 1. The molecule has 0 fully saturated rings. The second-order valence-electron chi connectivity index (χ2n) is 4.06. The number of nitrogens with one attached hydrogen (secondary N) is 1. The molecule has 2 heterocycles. The SMILES string of the molecule is COC(=O)c1ccc(NC(=O)c2cc([N+](=O)[O-])cn2C)o1. The molecule has 2 aromatic heterocycles. The van der Waals surface area contributed by atoms with E-state index < -0.39 is 16.8 Å². The summed E-state index contributed by atoms with van der Waals surface area (Å²) in [7, 11) is 2.70. The van der Waals surface area contributed by atoms with E-state index in [4.69, 9.17) is 4.42 Å². The zero-order chi connectivity index (χ0) is 15.6. The highest BCUT2D eigenvalue weighted by molar-refractivity contribution is 6.03. The van der Waals surface area contributed by atoms with Crippen LogP contribution in [0.15, 0.2) is 28.8 Å². The molecule has 1 amide bonds. The van der Waals surface area contributed by atoms with Crippen LogP contribution in [0.3, 0.4) is 0 Å². The lowest BCUT2D eigenvalue weighted by Crippen LogP contribution is -2.14. The molecule has 0 spiro atoms. The van der Waals surface area contributed by atoms with Crippen LogP contribution in [0, 0.1) is 10.1 Å². The lowest BCUT2D eigenvalue weighted by atomic mass is 10.4. The molecular formula is C12H11N3O6. The van der Waals surface area contributed by atoms with E-state index in [-0.39, 0.29) is 23.0 Å². The molecule has 110 valence electrons. The maximum atomic E-state index is 12.0. The summed E-state index contributed by atoms with van der Waals surface area (Å²) in [4.78, 5) is 33.2. The van der Waals surface area contributed by atoms with Gasteiger partial charge >= 0.3 is 5.97 Å². The van der Waals surface area contributed by atoms with Crippen molar-refractivity contribution in [3.8, 4) is 0 Å². The fraction of sp³-hybridized carbons (Fsp3) is 0.167. The average molecular weight is 293 g/mol. The van der Waals surface area contributed by atoms with E-state index in [9.17, 15) is 19.7 Å². The van der Waals surface area contributed by atoms with Crippen LogP contribution in [-0.2, 0) is 11.8 Å². The fourth-order valence-corrected chi connectivity index (χ4v) is 1.66. The minimum absolute atomic E-state index is 0.0317. The minimum atomic E-state index is -0.676. The summed E-state index contributed by atoms with van der Waals surface area (Å²) < 4.78 is 10.9. The molecule has 0 radical (unpaired) electrons. The molecule has 0 saturated carbocycles. The molecule has 0 aromatic carbocycles. The van der Waals surface area contributed by atoms with Gasteiger partial charge in [-0.3, -0.25) is 20.2 Å². The predicted octanol–water partition coefficient (Wildman–Crippen LogP) is 1.57. The van der Waals surface area contributed by atoms with Gasteiger partial charge in [0.2, 0.25) is 11.6 Å². The van der Waals surface area contributed by atoms with Gasteiger partial charge in [-0.05, 0) is 6.07 Å². The lowest BCUT2D eigenvalue weighted by molar-refractivity contribution is -0.384. The van der Waals surface area contributed by atoms with Gasteiger partial charge in [0.1, 0.15) is 5.69 Å². The molecule has 0 aliphatic rings. The third-order valence-electron chi connectivity index (χ3n) is 2.66. The summed E-state index contributed by atoms with van der Waals surface area (Å²) >= 11 is 0. The van der Waals surface area contributed by atoms with Crippen LogP contribution in [-0.4, -0.2) is 28.5 Å². The molecule has 21 heavy (non-hydrogen) atoms. The Morgan fingerprint density at radius 2 is 2.14 bits per heavy atom. The number of nitro groups is 1. The number of esters is 1. The van der Waals surface area contributed by atoms with Crippen molar-refractivity contribution < 1.29 is 23.7 Å². The molecule has 9 nitrogen and oxygen atoms in total. The molecule has 2 rings (SSSR count). The predicted molar refractivity (Wildman–Crippen MR) is 70.1 cm³/mol. The zero-order valence-electron chi connectivity index (χ0n) is 11.2. The number of ether oxygens (including phenoxy) is 1. The van der Waals surface area contributed by atoms with Crippen molar-refractivity contribution in [1.82, 2.24) is 4.57 Å². The summed E-state index contributed by atoms with van der Waals surface area (Å²) in [6, 6.07) is 3.86. The summed E-state index contributed by atoms with van der Waals surface area (Å²) in [5.74, 6) is -1.31. The van der Waals surface area contributed by atoms with Gasteiger partial charge < -0.3 is 13.7 Å². The van der Waals surface area contributed by atoms with Gasteiger partial charge in [0.15, 0.2) is 0 Å². The maximum Gasteiger partial charge on any atom is 0.374 e. The number of furan rings is 1. The normalized spacial score (nSPS) is 10.2. The van der Waals surface area contributed by atoms with Crippen molar-refractivity contribution >= 4 is 23.4 Å². The Labute approximate surface area is 118 Å². The first-order valence-corrected chi connectivity index (χ1v) is 5.72. The summed E-state index contributed by atoms with van der Waals surface area (Å²) in [5, 5.41) is 13.0. The molecule has 9 heteroatoms. The first-order chi connectivity index (χ1) is 9.92. The number of aromatic nitrogens is 1. The van der Waals surface area contributed by atoms with Gasteiger partial charge in [-0.1, -0.05) is 0 Å². The standard InChI is InChI=1S/C12H11N3O6/c1-14-6-7(15(18)19)5-8(14)11(16)13-10-4-3-9(21-10)12(17)20-2/h3-6H,1-2H3,(H,13,16).